The van der Waals surface area contributed by atoms with Crippen LogP contribution in [0.5, 0.6) is 11.5 Å². The first-order chi connectivity index (χ1) is 14.5. The van der Waals surface area contributed by atoms with Gasteiger partial charge in [-0.2, -0.15) is 0 Å². The number of carbonyl (C=O) groups excluding carboxylic acids is 2. The van der Waals surface area contributed by atoms with Crippen LogP contribution in [0.1, 0.15) is 26.5 Å². The molecule has 0 radical (unpaired) electrons. The van der Waals surface area contributed by atoms with Gasteiger partial charge in [-0.05, 0) is 42.3 Å². The second-order valence-corrected chi connectivity index (χ2v) is 6.32. The number of halogens is 1. The Hall–Kier alpha value is -3.81. The van der Waals surface area contributed by atoms with Gasteiger partial charge in [-0.1, -0.05) is 12.1 Å². The molecule has 0 atom stereocenters. The molecule has 3 rings (SSSR count). The first-order valence-corrected chi connectivity index (χ1v) is 9.15. The maximum atomic E-state index is 13.3. The summed E-state index contributed by atoms with van der Waals surface area (Å²) in [7, 11) is 2.90. The lowest BCUT2D eigenvalue weighted by Crippen LogP contribution is -2.27. The number of hydrogen-bond acceptors (Lipinski definition) is 5. The molecule has 0 spiro atoms. The van der Waals surface area contributed by atoms with Gasteiger partial charge in [0, 0.05) is 12.6 Å². The Morgan fingerprint density at radius 1 is 1.00 bits per heavy atom. The van der Waals surface area contributed by atoms with Crippen molar-refractivity contribution in [3.05, 3.63) is 77.5 Å². The van der Waals surface area contributed by atoms with E-state index in [1.807, 2.05) is 0 Å². The molecule has 0 saturated heterocycles. The third-order valence-electron chi connectivity index (χ3n) is 4.35. The van der Waals surface area contributed by atoms with E-state index in [1.54, 1.807) is 18.2 Å². The first-order valence-electron chi connectivity index (χ1n) is 9.15. The Balaban J connectivity index is 1.79. The second kappa shape index (κ2) is 9.60. The zero-order chi connectivity index (χ0) is 21.5. The van der Waals surface area contributed by atoms with Crippen LogP contribution in [0.3, 0.4) is 0 Å². The third kappa shape index (κ3) is 4.96. The van der Waals surface area contributed by atoms with Gasteiger partial charge in [-0.3, -0.25) is 9.59 Å². The lowest BCUT2D eigenvalue weighted by Gasteiger charge is -2.15. The van der Waals surface area contributed by atoms with Crippen LogP contribution >= 0.6 is 0 Å². The van der Waals surface area contributed by atoms with Crippen LogP contribution in [0.4, 0.5) is 10.1 Å². The van der Waals surface area contributed by atoms with E-state index < -0.39 is 11.8 Å². The van der Waals surface area contributed by atoms with Crippen LogP contribution in [0, 0.1) is 5.82 Å². The van der Waals surface area contributed by atoms with Gasteiger partial charge in [0.05, 0.1) is 31.7 Å². The number of ether oxygens (including phenoxy) is 2. The van der Waals surface area contributed by atoms with Crippen molar-refractivity contribution in [3.8, 4) is 11.5 Å². The number of methoxy groups -OCH3 is 2. The van der Waals surface area contributed by atoms with Crippen molar-refractivity contribution in [2.45, 2.75) is 6.42 Å². The molecular weight excluding hydrogens is 391 g/mol. The van der Waals surface area contributed by atoms with Gasteiger partial charge in [0.1, 0.15) is 5.82 Å². The number of hydrogen-bond donors (Lipinski definition) is 2. The lowest BCUT2D eigenvalue weighted by molar-refractivity contribution is 0.0954. The van der Waals surface area contributed by atoms with Gasteiger partial charge in [-0.15, -0.1) is 0 Å². The molecule has 30 heavy (non-hydrogen) atoms. The molecule has 156 valence electrons. The van der Waals surface area contributed by atoms with E-state index in [0.29, 0.717) is 17.9 Å². The van der Waals surface area contributed by atoms with Crippen molar-refractivity contribution in [1.29, 1.82) is 0 Å². The lowest BCUT2D eigenvalue weighted by atomic mass is 10.1. The molecule has 0 aliphatic heterocycles. The zero-order valence-electron chi connectivity index (χ0n) is 16.5. The average molecular weight is 412 g/mol. The molecule has 0 aliphatic rings. The molecule has 3 aromatic rings. The number of carbonyl (C=O) groups is 2. The maximum Gasteiger partial charge on any atom is 0.291 e. The minimum absolute atomic E-state index is 0.0993. The fourth-order valence-electron chi connectivity index (χ4n) is 2.87. The van der Waals surface area contributed by atoms with E-state index in [1.165, 1.54) is 50.8 Å². The van der Waals surface area contributed by atoms with Crippen molar-refractivity contribution in [1.82, 2.24) is 5.32 Å². The molecule has 1 heterocycles. The Morgan fingerprint density at radius 3 is 2.43 bits per heavy atom. The highest BCUT2D eigenvalue weighted by Crippen LogP contribution is 2.33. The molecule has 0 saturated carbocycles. The minimum Gasteiger partial charge on any atom is -0.493 e. The van der Waals surface area contributed by atoms with E-state index in [4.69, 9.17) is 13.9 Å². The monoisotopic (exact) mass is 412 g/mol. The van der Waals surface area contributed by atoms with Gasteiger partial charge in [0.15, 0.2) is 17.3 Å². The van der Waals surface area contributed by atoms with Crippen LogP contribution in [0.25, 0.3) is 0 Å². The predicted molar refractivity (Wildman–Crippen MR) is 109 cm³/mol. The maximum absolute atomic E-state index is 13.3. The van der Waals surface area contributed by atoms with Crippen molar-refractivity contribution in [2.24, 2.45) is 0 Å². The van der Waals surface area contributed by atoms with Gasteiger partial charge >= 0.3 is 0 Å². The summed E-state index contributed by atoms with van der Waals surface area (Å²) in [6.07, 6.45) is 1.83. The van der Waals surface area contributed by atoms with Gasteiger partial charge < -0.3 is 24.5 Å². The molecule has 2 N–H and O–H groups in total. The predicted octanol–water partition coefficient (Wildman–Crippen LogP) is 3.66. The van der Waals surface area contributed by atoms with Crippen molar-refractivity contribution in [2.75, 3.05) is 26.1 Å². The number of furan rings is 1. The highest BCUT2D eigenvalue weighted by atomic mass is 19.1. The molecular formula is C22H21FN2O5. The van der Waals surface area contributed by atoms with E-state index in [0.717, 1.165) is 5.56 Å². The second-order valence-electron chi connectivity index (χ2n) is 6.32. The summed E-state index contributed by atoms with van der Waals surface area (Å²) in [6.45, 7) is 0.280. The first kappa shape index (κ1) is 20.9. The van der Waals surface area contributed by atoms with Crippen LogP contribution in [0.2, 0.25) is 0 Å². The topological polar surface area (TPSA) is 89.8 Å². The summed E-state index contributed by atoms with van der Waals surface area (Å²) in [5.74, 6) is -0.487. The standard InChI is InChI=1S/C22H21FN2O5/c1-28-19-12-16(21(26)24-9-8-14-5-3-6-15(23)11-14)17(13-20(19)29-2)25-22(27)18-7-4-10-30-18/h3-7,10-13H,8-9H2,1-2H3,(H,24,26)(H,25,27). The van der Waals surface area contributed by atoms with Crippen molar-refractivity contribution < 1.29 is 27.9 Å². The van der Waals surface area contributed by atoms with Crippen LogP contribution in [-0.2, 0) is 6.42 Å². The quantitative estimate of drug-likeness (QED) is 0.589. The summed E-state index contributed by atoms with van der Waals surface area (Å²) in [4.78, 5) is 25.2. The number of amides is 2. The Kier molecular flexibility index (Phi) is 6.69. The van der Waals surface area contributed by atoms with Crippen LogP contribution < -0.4 is 20.1 Å². The molecule has 8 heteroatoms. The van der Waals surface area contributed by atoms with Crippen LogP contribution in [-0.4, -0.2) is 32.6 Å². The van der Waals surface area contributed by atoms with Crippen molar-refractivity contribution in [3.63, 3.8) is 0 Å². The normalized spacial score (nSPS) is 10.4. The summed E-state index contributed by atoms with van der Waals surface area (Å²) in [5, 5.41) is 5.43. The van der Waals surface area contributed by atoms with E-state index >= 15 is 0 Å². The highest BCUT2D eigenvalue weighted by molar-refractivity contribution is 6.08. The summed E-state index contributed by atoms with van der Waals surface area (Å²) < 4.78 is 28.9. The number of rotatable bonds is 8. The fourth-order valence-corrected chi connectivity index (χ4v) is 2.87. The molecule has 0 fully saturated rings. The van der Waals surface area contributed by atoms with Crippen molar-refractivity contribution >= 4 is 17.5 Å². The number of anilines is 1. The number of nitrogens with one attached hydrogen (secondary N) is 2. The minimum atomic E-state index is -0.513. The smallest absolute Gasteiger partial charge is 0.291 e. The van der Waals surface area contributed by atoms with E-state index in [2.05, 4.69) is 10.6 Å². The summed E-state index contributed by atoms with van der Waals surface area (Å²) >= 11 is 0. The highest BCUT2D eigenvalue weighted by Gasteiger charge is 2.20. The fraction of sp³-hybridized carbons (Fsp3) is 0.182. The van der Waals surface area contributed by atoms with Gasteiger partial charge in [-0.25, -0.2) is 4.39 Å². The summed E-state index contributed by atoms with van der Waals surface area (Å²) in [5.41, 5.74) is 1.18. The molecule has 2 amide bonds. The largest absolute Gasteiger partial charge is 0.493 e. The average Bonchev–Trinajstić information content (AvgIpc) is 3.28. The Labute approximate surface area is 172 Å². The molecule has 1 aromatic heterocycles. The SMILES string of the molecule is COc1cc(NC(=O)c2ccco2)c(C(=O)NCCc2cccc(F)c2)cc1OC. The molecule has 2 aromatic carbocycles. The summed E-state index contributed by atoms with van der Waals surface area (Å²) in [6, 6.07) is 12.2. The molecule has 0 bridgehead atoms. The Morgan fingerprint density at radius 2 is 1.77 bits per heavy atom. The molecule has 0 unspecified atom stereocenters. The van der Waals surface area contributed by atoms with Gasteiger partial charge in [0.2, 0.25) is 0 Å². The van der Waals surface area contributed by atoms with E-state index in [9.17, 15) is 14.0 Å². The number of benzene rings is 2. The molecule has 7 nitrogen and oxygen atoms in total. The van der Waals surface area contributed by atoms with Crippen LogP contribution in [0.15, 0.2) is 59.2 Å². The molecule has 0 aliphatic carbocycles. The van der Waals surface area contributed by atoms with E-state index in [-0.39, 0.29) is 29.4 Å². The zero-order valence-corrected chi connectivity index (χ0v) is 16.5. The van der Waals surface area contributed by atoms with Gasteiger partial charge in [0.25, 0.3) is 11.8 Å². The Bertz CT molecular complexity index is 1030. The third-order valence-corrected chi connectivity index (χ3v) is 4.35.